The van der Waals surface area contributed by atoms with Crippen LogP contribution in [0.3, 0.4) is 0 Å². The Balaban J connectivity index is 2.28. The van der Waals surface area contributed by atoms with E-state index in [1.165, 1.54) is 16.7 Å². The van der Waals surface area contributed by atoms with E-state index in [1.807, 2.05) is 18.2 Å². The van der Waals surface area contributed by atoms with Crippen LogP contribution < -0.4 is 0 Å². The Morgan fingerprint density at radius 2 is 1.90 bits per heavy atom. The molecule has 0 aliphatic rings. The Morgan fingerprint density at radius 3 is 2.48 bits per heavy atom. The Labute approximate surface area is 130 Å². The number of allylic oxidation sites excluding steroid dienone is 1. The summed E-state index contributed by atoms with van der Waals surface area (Å²) in [6.45, 7) is 9.72. The zero-order valence-corrected chi connectivity index (χ0v) is 13.9. The Kier molecular flexibility index (Phi) is 8.03. The third kappa shape index (κ3) is 7.26. The van der Waals surface area contributed by atoms with Gasteiger partial charge in [0.25, 0.3) is 0 Å². The number of hydrogen-bond acceptors (Lipinski definition) is 2. The third-order valence-corrected chi connectivity index (χ3v) is 3.67. The van der Waals surface area contributed by atoms with Crippen molar-refractivity contribution in [1.29, 1.82) is 0 Å². The molecule has 1 aromatic rings. The molecular formula is C19H29NO. The molecule has 0 aliphatic heterocycles. The summed E-state index contributed by atoms with van der Waals surface area (Å²) in [5, 5.41) is 0. The largest absolute Gasteiger partial charge is 0.373 e. The zero-order valence-electron chi connectivity index (χ0n) is 13.9. The van der Waals surface area contributed by atoms with Crippen molar-refractivity contribution in [3.63, 3.8) is 0 Å². The smallest absolute Gasteiger partial charge is 0.0721 e. The molecule has 0 saturated carbocycles. The van der Waals surface area contributed by atoms with Crippen LogP contribution in [-0.2, 0) is 11.3 Å². The lowest BCUT2D eigenvalue weighted by Crippen LogP contribution is -2.28. The number of benzene rings is 1. The van der Waals surface area contributed by atoms with E-state index in [9.17, 15) is 0 Å². The van der Waals surface area contributed by atoms with Gasteiger partial charge in [0.2, 0.25) is 0 Å². The van der Waals surface area contributed by atoms with E-state index in [0.717, 1.165) is 12.8 Å². The molecule has 0 N–H and O–H groups in total. The van der Waals surface area contributed by atoms with Crippen LogP contribution in [0, 0.1) is 0 Å². The summed E-state index contributed by atoms with van der Waals surface area (Å²) in [5.74, 6) is 0. The fourth-order valence-corrected chi connectivity index (χ4v) is 2.36. The Hall–Kier alpha value is -1.38. The lowest BCUT2D eigenvalue weighted by Gasteiger charge is -2.24. The molecule has 0 spiro atoms. The van der Waals surface area contributed by atoms with Gasteiger partial charge in [-0.05, 0) is 46.3 Å². The molecule has 2 nitrogen and oxygen atoms in total. The minimum absolute atomic E-state index is 0.457. The fourth-order valence-electron chi connectivity index (χ4n) is 2.36. The Bertz CT molecular complexity index is 448. The van der Waals surface area contributed by atoms with E-state index in [2.05, 4.69) is 57.6 Å². The van der Waals surface area contributed by atoms with Gasteiger partial charge in [0.1, 0.15) is 0 Å². The van der Waals surface area contributed by atoms with Gasteiger partial charge in [-0.15, -0.1) is 0 Å². The Morgan fingerprint density at radius 1 is 1.24 bits per heavy atom. The molecule has 116 valence electrons. The second-order valence-corrected chi connectivity index (χ2v) is 5.92. The molecule has 0 heterocycles. The summed E-state index contributed by atoms with van der Waals surface area (Å²) in [6, 6.07) is 10.7. The lowest BCUT2D eigenvalue weighted by molar-refractivity contribution is 0.148. The molecule has 0 aliphatic carbocycles. The van der Waals surface area contributed by atoms with Crippen molar-refractivity contribution in [2.75, 3.05) is 20.7 Å². The zero-order chi connectivity index (χ0) is 15.7. The van der Waals surface area contributed by atoms with Crippen LogP contribution in [0.1, 0.15) is 32.3 Å². The SMILES string of the molecule is C=C(C)C(CC/C(C)=C/COCc1ccccc1)N(C)C. The first-order valence-electron chi connectivity index (χ1n) is 7.60. The van der Waals surface area contributed by atoms with Gasteiger partial charge in [-0.3, -0.25) is 0 Å². The summed E-state index contributed by atoms with van der Waals surface area (Å²) < 4.78 is 5.69. The molecule has 21 heavy (non-hydrogen) atoms. The van der Waals surface area contributed by atoms with Crippen LogP contribution in [0.4, 0.5) is 0 Å². The van der Waals surface area contributed by atoms with Crippen molar-refractivity contribution < 1.29 is 4.74 Å². The molecule has 0 saturated heterocycles. The average molecular weight is 287 g/mol. The molecule has 0 radical (unpaired) electrons. The maximum Gasteiger partial charge on any atom is 0.0721 e. The summed E-state index contributed by atoms with van der Waals surface area (Å²) in [6.07, 6.45) is 4.39. The van der Waals surface area contributed by atoms with Gasteiger partial charge in [-0.1, -0.05) is 54.1 Å². The monoisotopic (exact) mass is 287 g/mol. The molecule has 1 unspecified atom stereocenters. The minimum Gasteiger partial charge on any atom is -0.373 e. The number of ether oxygens (including phenoxy) is 1. The molecular weight excluding hydrogens is 258 g/mol. The van der Waals surface area contributed by atoms with Crippen LogP contribution in [0.5, 0.6) is 0 Å². The molecule has 1 rings (SSSR count). The van der Waals surface area contributed by atoms with Gasteiger partial charge in [0.15, 0.2) is 0 Å². The van der Waals surface area contributed by atoms with E-state index in [0.29, 0.717) is 19.3 Å². The van der Waals surface area contributed by atoms with Crippen molar-refractivity contribution in [3.8, 4) is 0 Å². The first kappa shape index (κ1) is 17.7. The van der Waals surface area contributed by atoms with E-state index >= 15 is 0 Å². The van der Waals surface area contributed by atoms with Crippen LogP contribution >= 0.6 is 0 Å². The number of nitrogens with zero attached hydrogens (tertiary/aromatic N) is 1. The standard InChI is InChI=1S/C19H29NO/c1-16(2)19(20(4)5)12-11-17(3)13-14-21-15-18-9-7-6-8-10-18/h6-10,13,19H,1,11-12,14-15H2,2-5H3/b17-13+. The summed E-state index contributed by atoms with van der Waals surface area (Å²) in [5.41, 5.74) is 3.84. The minimum atomic E-state index is 0.457. The highest BCUT2D eigenvalue weighted by Gasteiger charge is 2.11. The lowest BCUT2D eigenvalue weighted by atomic mass is 10.0. The molecule has 1 aromatic carbocycles. The quantitative estimate of drug-likeness (QED) is 0.492. The van der Waals surface area contributed by atoms with Crippen LogP contribution in [0.25, 0.3) is 0 Å². The molecule has 0 bridgehead atoms. The second kappa shape index (κ2) is 9.54. The predicted octanol–water partition coefficient (Wildman–Crippen LogP) is 4.44. The predicted molar refractivity (Wildman–Crippen MR) is 91.4 cm³/mol. The van der Waals surface area contributed by atoms with Gasteiger partial charge in [0, 0.05) is 6.04 Å². The number of likely N-dealkylation sites (N-methyl/N-ethyl adjacent to an activating group) is 1. The van der Waals surface area contributed by atoms with Crippen molar-refractivity contribution in [3.05, 3.63) is 59.7 Å². The molecule has 1 atom stereocenters. The number of rotatable bonds is 9. The van der Waals surface area contributed by atoms with Crippen molar-refractivity contribution in [2.24, 2.45) is 0 Å². The van der Waals surface area contributed by atoms with Gasteiger partial charge in [-0.25, -0.2) is 0 Å². The summed E-state index contributed by atoms with van der Waals surface area (Å²) >= 11 is 0. The summed E-state index contributed by atoms with van der Waals surface area (Å²) in [4.78, 5) is 2.24. The van der Waals surface area contributed by atoms with Crippen molar-refractivity contribution in [2.45, 2.75) is 39.3 Å². The molecule has 0 amide bonds. The molecule has 0 fully saturated rings. The highest BCUT2D eigenvalue weighted by atomic mass is 16.5. The van der Waals surface area contributed by atoms with Crippen LogP contribution in [-0.4, -0.2) is 31.6 Å². The van der Waals surface area contributed by atoms with Gasteiger partial charge in [0.05, 0.1) is 13.2 Å². The van der Waals surface area contributed by atoms with Crippen molar-refractivity contribution >= 4 is 0 Å². The van der Waals surface area contributed by atoms with Gasteiger partial charge in [-0.2, -0.15) is 0 Å². The van der Waals surface area contributed by atoms with E-state index in [1.54, 1.807) is 0 Å². The van der Waals surface area contributed by atoms with Crippen LogP contribution in [0.2, 0.25) is 0 Å². The first-order chi connectivity index (χ1) is 10.0. The van der Waals surface area contributed by atoms with Crippen molar-refractivity contribution in [1.82, 2.24) is 4.90 Å². The highest BCUT2D eigenvalue weighted by molar-refractivity contribution is 5.13. The molecule has 0 aromatic heterocycles. The normalized spacial score (nSPS) is 13.5. The second-order valence-electron chi connectivity index (χ2n) is 5.92. The van der Waals surface area contributed by atoms with E-state index in [4.69, 9.17) is 4.74 Å². The fraction of sp³-hybridized carbons (Fsp3) is 0.474. The topological polar surface area (TPSA) is 12.5 Å². The van der Waals surface area contributed by atoms with E-state index in [-0.39, 0.29) is 0 Å². The maximum atomic E-state index is 5.69. The maximum absolute atomic E-state index is 5.69. The van der Waals surface area contributed by atoms with Gasteiger partial charge >= 0.3 is 0 Å². The molecule has 2 heteroatoms. The first-order valence-corrected chi connectivity index (χ1v) is 7.60. The summed E-state index contributed by atoms with van der Waals surface area (Å²) in [7, 11) is 4.22. The van der Waals surface area contributed by atoms with Gasteiger partial charge < -0.3 is 9.64 Å². The average Bonchev–Trinajstić information content (AvgIpc) is 2.44. The number of hydrogen-bond donors (Lipinski definition) is 0. The van der Waals surface area contributed by atoms with E-state index < -0.39 is 0 Å². The highest BCUT2D eigenvalue weighted by Crippen LogP contribution is 2.15. The van der Waals surface area contributed by atoms with Crippen LogP contribution in [0.15, 0.2) is 54.1 Å². The third-order valence-electron chi connectivity index (χ3n) is 3.67.